The molecule has 12 heteroatoms. The molecule has 9 nitrogen and oxygen atoms in total. The molecule has 2 heterocycles. The maximum absolute atomic E-state index is 13.2. The summed E-state index contributed by atoms with van der Waals surface area (Å²) >= 11 is 0. The number of morpholine rings is 1. The van der Waals surface area contributed by atoms with Gasteiger partial charge in [0, 0.05) is 35.6 Å². The Labute approximate surface area is 226 Å². The standard InChI is InChI=1S/C28H21F3N6O3/c29-28(30,31)22-14-21(7-3-19(22)15-32)35-27(39)34-20-5-1-17(2-6-20)26(38)18-4-8-23-24(13-18)36-25(16-33-23)37-9-11-40-12-10-37/h1-8,13-14,16H,9-12H2,(H2,34,35,39). The van der Waals surface area contributed by atoms with Gasteiger partial charge in [-0.05, 0) is 60.7 Å². The van der Waals surface area contributed by atoms with Gasteiger partial charge in [-0.1, -0.05) is 0 Å². The van der Waals surface area contributed by atoms with E-state index in [-0.39, 0.29) is 11.5 Å². The number of hydrogen-bond donors (Lipinski definition) is 2. The fourth-order valence-corrected chi connectivity index (χ4v) is 4.21. The molecule has 1 aliphatic rings. The molecule has 40 heavy (non-hydrogen) atoms. The summed E-state index contributed by atoms with van der Waals surface area (Å²) in [4.78, 5) is 36.7. The highest BCUT2D eigenvalue weighted by atomic mass is 19.4. The van der Waals surface area contributed by atoms with Crippen LogP contribution in [0.1, 0.15) is 27.0 Å². The molecule has 1 fully saturated rings. The van der Waals surface area contributed by atoms with Crippen LogP contribution in [0.25, 0.3) is 11.0 Å². The third-order valence-corrected chi connectivity index (χ3v) is 6.24. The van der Waals surface area contributed by atoms with Crippen LogP contribution in [0.5, 0.6) is 0 Å². The minimum atomic E-state index is -4.75. The quantitative estimate of drug-likeness (QED) is 0.329. The number of nitrogens with one attached hydrogen (secondary N) is 2. The van der Waals surface area contributed by atoms with Crippen LogP contribution in [0.15, 0.2) is 66.9 Å². The Balaban J connectivity index is 1.27. The zero-order valence-corrected chi connectivity index (χ0v) is 20.8. The molecule has 0 radical (unpaired) electrons. The zero-order valence-electron chi connectivity index (χ0n) is 20.8. The summed E-state index contributed by atoms with van der Waals surface area (Å²) in [7, 11) is 0. The highest BCUT2D eigenvalue weighted by Crippen LogP contribution is 2.33. The zero-order chi connectivity index (χ0) is 28.3. The normalized spacial score (nSPS) is 13.5. The van der Waals surface area contributed by atoms with Crippen LogP contribution < -0.4 is 15.5 Å². The lowest BCUT2D eigenvalue weighted by Gasteiger charge is -2.27. The molecular weight excluding hydrogens is 525 g/mol. The number of halogens is 3. The summed E-state index contributed by atoms with van der Waals surface area (Å²) < 4.78 is 44.9. The first-order chi connectivity index (χ1) is 19.2. The van der Waals surface area contributed by atoms with Crippen LogP contribution in [0, 0.1) is 11.3 Å². The van der Waals surface area contributed by atoms with Crippen molar-refractivity contribution in [1.82, 2.24) is 9.97 Å². The van der Waals surface area contributed by atoms with E-state index >= 15 is 0 Å². The van der Waals surface area contributed by atoms with Gasteiger partial charge in [0.25, 0.3) is 0 Å². The molecule has 1 aliphatic heterocycles. The Morgan fingerprint density at radius 3 is 2.27 bits per heavy atom. The van der Waals surface area contributed by atoms with Crippen molar-refractivity contribution >= 4 is 40.0 Å². The first kappa shape index (κ1) is 26.6. The number of rotatable bonds is 5. The maximum Gasteiger partial charge on any atom is 0.417 e. The molecule has 0 bridgehead atoms. The minimum absolute atomic E-state index is 0.133. The molecule has 1 saturated heterocycles. The van der Waals surface area contributed by atoms with E-state index in [0.717, 1.165) is 6.07 Å². The number of anilines is 3. The summed E-state index contributed by atoms with van der Waals surface area (Å²) in [6, 6.07) is 14.7. The van der Waals surface area contributed by atoms with Crippen LogP contribution in [0.3, 0.4) is 0 Å². The first-order valence-corrected chi connectivity index (χ1v) is 12.1. The largest absolute Gasteiger partial charge is 0.417 e. The lowest BCUT2D eigenvalue weighted by Crippen LogP contribution is -2.36. The summed E-state index contributed by atoms with van der Waals surface area (Å²) in [6.45, 7) is 2.64. The van der Waals surface area contributed by atoms with Gasteiger partial charge in [0.1, 0.15) is 5.82 Å². The molecule has 0 saturated carbocycles. The Morgan fingerprint density at radius 1 is 0.900 bits per heavy atom. The van der Waals surface area contributed by atoms with E-state index in [1.165, 1.54) is 36.4 Å². The molecule has 2 amide bonds. The van der Waals surface area contributed by atoms with Crippen molar-refractivity contribution in [3.63, 3.8) is 0 Å². The molecule has 0 unspecified atom stereocenters. The van der Waals surface area contributed by atoms with Gasteiger partial charge in [0.2, 0.25) is 0 Å². The van der Waals surface area contributed by atoms with Gasteiger partial charge in [-0.15, -0.1) is 0 Å². The number of benzene rings is 3. The monoisotopic (exact) mass is 546 g/mol. The van der Waals surface area contributed by atoms with Crippen molar-refractivity contribution in [3.05, 3.63) is 89.1 Å². The number of alkyl halides is 3. The fourth-order valence-electron chi connectivity index (χ4n) is 4.21. The molecular formula is C28H21F3N6O3. The molecule has 1 aromatic heterocycles. The number of carbonyl (C=O) groups excluding carboxylic acids is 2. The molecule has 0 aliphatic carbocycles. The molecule has 0 atom stereocenters. The Kier molecular flexibility index (Phi) is 7.31. The average molecular weight is 547 g/mol. The molecule has 0 spiro atoms. The SMILES string of the molecule is N#Cc1ccc(NC(=O)Nc2ccc(C(=O)c3ccc4ncc(N5CCOCC5)nc4c3)cc2)cc1C(F)(F)F. The average Bonchev–Trinajstić information content (AvgIpc) is 2.96. The number of nitriles is 1. The van der Waals surface area contributed by atoms with E-state index in [4.69, 9.17) is 10.00 Å². The van der Waals surface area contributed by atoms with Crippen molar-refractivity contribution in [2.24, 2.45) is 0 Å². The van der Waals surface area contributed by atoms with Crippen molar-refractivity contribution in [3.8, 4) is 6.07 Å². The fraction of sp³-hybridized carbons (Fsp3) is 0.179. The second kappa shape index (κ2) is 11.0. The minimum Gasteiger partial charge on any atom is -0.378 e. The predicted octanol–water partition coefficient (Wildman–Crippen LogP) is 5.23. The van der Waals surface area contributed by atoms with Crippen molar-refractivity contribution in [1.29, 1.82) is 5.26 Å². The van der Waals surface area contributed by atoms with Crippen LogP contribution in [0.4, 0.5) is 35.2 Å². The smallest absolute Gasteiger partial charge is 0.378 e. The summed E-state index contributed by atoms with van der Waals surface area (Å²) in [5.41, 5.74) is 0.516. The van der Waals surface area contributed by atoms with Crippen LogP contribution in [0.2, 0.25) is 0 Å². The predicted molar refractivity (Wildman–Crippen MR) is 141 cm³/mol. The Hall–Kier alpha value is -5.02. The lowest BCUT2D eigenvalue weighted by atomic mass is 10.0. The van der Waals surface area contributed by atoms with Gasteiger partial charge in [0.05, 0.1) is 47.6 Å². The third-order valence-electron chi connectivity index (χ3n) is 6.24. The number of aromatic nitrogens is 2. The highest BCUT2D eigenvalue weighted by molar-refractivity contribution is 6.10. The number of fused-ring (bicyclic) bond motifs is 1. The summed E-state index contributed by atoms with van der Waals surface area (Å²) in [5, 5.41) is 13.7. The summed E-state index contributed by atoms with van der Waals surface area (Å²) in [5.74, 6) is 0.457. The number of carbonyl (C=O) groups is 2. The van der Waals surface area contributed by atoms with E-state index in [2.05, 4.69) is 25.5 Å². The number of ether oxygens (including phenoxy) is 1. The number of hydrogen-bond acceptors (Lipinski definition) is 7. The second-order valence-corrected chi connectivity index (χ2v) is 8.89. The van der Waals surface area contributed by atoms with E-state index in [1.807, 2.05) is 0 Å². The summed E-state index contributed by atoms with van der Waals surface area (Å²) in [6.07, 6.45) is -3.04. The van der Waals surface area contributed by atoms with E-state index < -0.39 is 23.3 Å². The number of urea groups is 1. The molecule has 202 valence electrons. The highest BCUT2D eigenvalue weighted by Gasteiger charge is 2.34. The van der Waals surface area contributed by atoms with Crippen LogP contribution >= 0.6 is 0 Å². The number of nitrogens with zero attached hydrogens (tertiary/aromatic N) is 4. The van der Waals surface area contributed by atoms with Crippen molar-refractivity contribution < 1.29 is 27.5 Å². The Morgan fingerprint density at radius 2 is 1.57 bits per heavy atom. The third kappa shape index (κ3) is 5.84. The van der Waals surface area contributed by atoms with Gasteiger partial charge in [-0.25, -0.2) is 9.78 Å². The lowest BCUT2D eigenvalue weighted by molar-refractivity contribution is -0.137. The second-order valence-electron chi connectivity index (χ2n) is 8.89. The van der Waals surface area contributed by atoms with Crippen LogP contribution in [-0.2, 0) is 10.9 Å². The molecule has 4 aromatic rings. The topological polar surface area (TPSA) is 120 Å². The van der Waals surface area contributed by atoms with E-state index in [9.17, 15) is 22.8 Å². The van der Waals surface area contributed by atoms with Crippen molar-refractivity contribution in [2.45, 2.75) is 6.18 Å². The van der Waals surface area contributed by atoms with Crippen molar-refractivity contribution in [2.75, 3.05) is 41.8 Å². The first-order valence-electron chi connectivity index (χ1n) is 12.1. The molecule has 3 aromatic carbocycles. The Bertz CT molecular complexity index is 1630. The van der Waals surface area contributed by atoms with E-state index in [1.54, 1.807) is 24.4 Å². The molecule has 5 rings (SSSR count). The van der Waals surface area contributed by atoms with Gasteiger partial charge >= 0.3 is 12.2 Å². The maximum atomic E-state index is 13.2. The number of amides is 2. The van der Waals surface area contributed by atoms with Crippen LogP contribution in [-0.4, -0.2) is 48.1 Å². The van der Waals surface area contributed by atoms with Gasteiger partial charge < -0.3 is 20.3 Å². The van der Waals surface area contributed by atoms with E-state index in [0.29, 0.717) is 66.0 Å². The molecule has 2 N–H and O–H groups in total. The van der Waals surface area contributed by atoms with Gasteiger partial charge in [0.15, 0.2) is 5.78 Å². The van der Waals surface area contributed by atoms with Gasteiger partial charge in [-0.3, -0.25) is 9.78 Å². The number of ketones is 1. The van der Waals surface area contributed by atoms with Gasteiger partial charge in [-0.2, -0.15) is 18.4 Å².